The van der Waals surface area contributed by atoms with Gasteiger partial charge in [0.1, 0.15) is 5.75 Å². The maximum atomic E-state index is 9.66. The Kier molecular flexibility index (Phi) is 3.78. The third-order valence-corrected chi connectivity index (χ3v) is 2.74. The molecule has 78 valence electrons. The van der Waals surface area contributed by atoms with Gasteiger partial charge in [0.05, 0.1) is 0 Å². The minimum atomic E-state index is 0.312. The highest BCUT2D eigenvalue weighted by Crippen LogP contribution is 2.27. The molecular weight excluding hydrogens is 198 g/mol. The highest BCUT2D eigenvalue weighted by molar-refractivity contribution is 6.31. The van der Waals surface area contributed by atoms with E-state index < -0.39 is 0 Å². The van der Waals surface area contributed by atoms with E-state index in [0.29, 0.717) is 23.2 Å². The van der Waals surface area contributed by atoms with Gasteiger partial charge in [-0.1, -0.05) is 18.5 Å². The van der Waals surface area contributed by atoms with Crippen LogP contribution in [0.2, 0.25) is 5.02 Å². The molecule has 0 aliphatic heterocycles. The summed E-state index contributed by atoms with van der Waals surface area (Å²) in [6.45, 7) is 4.54. The van der Waals surface area contributed by atoms with Gasteiger partial charge in [-0.3, -0.25) is 0 Å². The fourth-order valence-electron chi connectivity index (χ4n) is 1.33. The number of hydrogen-bond acceptors (Lipinski definition) is 2. The number of nitrogens with two attached hydrogens (primary N) is 1. The van der Waals surface area contributed by atoms with Gasteiger partial charge in [-0.25, -0.2) is 0 Å². The van der Waals surface area contributed by atoms with E-state index in [4.69, 9.17) is 17.3 Å². The lowest BCUT2D eigenvalue weighted by atomic mass is 9.99. The smallest absolute Gasteiger partial charge is 0.119 e. The van der Waals surface area contributed by atoms with Gasteiger partial charge in [-0.15, -0.1) is 0 Å². The van der Waals surface area contributed by atoms with Crippen LogP contribution >= 0.6 is 11.6 Å². The zero-order valence-electron chi connectivity index (χ0n) is 8.55. The molecule has 0 aliphatic carbocycles. The Morgan fingerprint density at radius 1 is 1.50 bits per heavy atom. The number of rotatable bonds is 3. The predicted octanol–water partition coefficient (Wildman–Crippen LogP) is 2.49. The molecule has 0 bridgehead atoms. The summed E-state index contributed by atoms with van der Waals surface area (Å²) in [5.41, 5.74) is 7.29. The largest absolute Gasteiger partial charge is 0.508 e. The van der Waals surface area contributed by atoms with Gasteiger partial charge in [0, 0.05) is 5.02 Å². The van der Waals surface area contributed by atoms with Gasteiger partial charge < -0.3 is 10.8 Å². The first kappa shape index (κ1) is 11.3. The molecule has 2 nitrogen and oxygen atoms in total. The molecule has 0 amide bonds. The molecule has 0 saturated carbocycles. The van der Waals surface area contributed by atoms with E-state index in [1.807, 2.05) is 19.9 Å². The van der Waals surface area contributed by atoms with E-state index in [9.17, 15) is 5.11 Å². The Bertz CT molecular complexity index is 325. The summed E-state index contributed by atoms with van der Waals surface area (Å²) in [5.74, 6) is 0.673. The Morgan fingerprint density at radius 2 is 2.14 bits per heavy atom. The molecule has 0 fully saturated rings. The Hall–Kier alpha value is -0.730. The first-order valence-corrected chi connectivity index (χ1v) is 5.10. The van der Waals surface area contributed by atoms with Crippen LogP contribution in [0.25, 0.3) is 0 Å². The average molecular weight is 214 g/mol. The molecule has 1 aromatic rings. The van der Waals surface area contributed by atoms with E-state index in [2.05, 4.69) is 0 Å². The monoisotopic (exact) mass is 213 g/mol. The highest BCUT2D eigenvalue weighted by Gasteiger charge is 2.08. The van der Waals surface area contributed by atoms with Crippen molar-refractivity contribution in [1.29, 1.82) is 0 Å². The molecule has 1 atom stereocenters. The Balaban J connectivity index is 2.92. The van der Waals surface area contributed by atoms with Crippen LogP contribution in [-0.4, -0.2) is 11.7 Å². The van der Waals surface area contributed by atoms with E-state index in [0.717, 1.165) is 17.5 Å². The van der Waals surface area contributed by atoms with Crippen LogP contribution in [0.1, 0.15) is 18.1 Å². The van der Waals surface area contributed by atoms with Gasteiger partial charge in [0.2, 0.25) is 0 Å². The molecular formula is C11H16ClNO. The lowest BCUT2D eigenvalue weighted by molar-refractivity contribution is 0.460. The fourth-order valence-corrected chi connectivity index (χ4v) is 1.52. The second-order valence-corrected chi connectivity index (χ2v) is 4.18. The van der Waals surface area contributed by atoms with Crippen molar-refractivity contribution in [2.75, 3.05) is 6.54 Å². The third kappa shape index (κ3) is 2.63. The van der Waals surface area contributed by atoms with E-state index >= 15 is 0 Å². The number of hydrogen-bond donors (Lipinski definition) is 2. The van der Waals surface area contributed by atoms with Gasteiger partial charge in [-0.05, 0) is 49.1 Å². The molecule has 1 unspecified atom stereocenters. The van der Waals surface area contributed by atoms with Crippen molar-refractivity contribution >= 4 is 11.6 Å². The topological polar surface area (TPSA) is 46.2 Å². The van der Waals surface area contributed by atoms with Gasteiger partial charge in [-0.2, -0.15) is 0 Å². The normalized spacial score (nSPS) is 12.9. The first-order chi connectivity index (χ1) is 6.54. The fraction of sp³-hybridized carbons (Fsp3) is 0.455. The maximum Gasteiger partial charge on any atom is 0.119 e. The zero-order chi connectivity index (χ0) is 10.7. The van der Waals surface area contributed by atoms with Gasteiger partial charge in [0.15, 0.2) is 0 Å². The molecule has 1 rings (SSSR count). The number of aromatic hydroxyl groups is 1. The van der Waals surface area contributed by atoms with Crippen LogP contribution < -0.4 is 5.73 Å². The molecule has 3 heteroatoms. The molecule has 0 aromatic heterocycles. The lowest BCUT2D eigenvalue weighted by Crippen LogP contribution is -2.13. The van der Waals surface area contributed by atoms with Crippen molar-refractivity contribution in [3.8, 4) is 5.75 Å². The van der Waals surface area contributed by atoms with Gasteiger partial charge >= 0.3 is 0 Å². The molecule has 3 N–H and O–H groups in total. The van der Waals surface area contributed by atoms with Crippen LogP contribution in [0.3, 0.4) is 0 Å². The number of aryl methyl sites for hydroxylation is 1. The number of halogens is 1. The van der Waals surface area contributed by atoms with Crippen LogP contribution in [0.4, 0.5) is 0 Å². The van der Waals surface area contributed by atoms with Crippen molar-refractivity contribution in [2.24, 2.45) is 11.7 Å². The second-order valence-electron chi connectivity index (χ2n) is 3.78. The van der Waals surface area contributed by atoms with Crippen LogP contribution in [0.15, 0.2) is 12.1 Å². The molecule has 0 heterocycles. The minimum Gasteiger partial charge on any atom is -0.508 e. The van der Waals surface area contributed by atoms with Gasteiger partial charge in [0.25, 0.3) is 0 Å². The summed E-state index contributed by atoms with van der Waals surface area (Å²) in [6, 6.07) is 3.51. The molecule has 0 radical (unpaired) electrons. The van der Waals surface area contributed by atoms with Crippen LogP contribution in [-0.2, 0) is 6.42 Å². The van der Waals surface area contributed by atoms with E-state index in [1.54, 1.807) is 6.07 Å². The number of phenols is 1. The van der Waals surface area contributed by atoms with E-state index in [-0.39, 0.29) is 0 Å². The quantitative estimate of drug-likeness (QED) is 0.811. The number of benzene rings is 1. The summed E-state index contributed by atoms with van der Waals surface area (Å²) in [6.07, 6.45) is 0.766. The number of phenolic OH excluding ortho intramolecular Hbond substituents is 1. The first-order valence-electron chi connectivity index (χ1n) is 4.72. The van der Waals surface area contributed by atoms with Crippen molar-refractivity contribution in [3.63, 3.8) is 0 Å². The molecule has 0 spiro atoms. The average Bonchev–Trinajstić information content (AvgIpc) is 2.14. The van der Waals surface area contributed by atoms with Crippen LogP contribution in [0, 0.1) is 12.8 Å². The molecule has 1 aromatic carbocycles. The zero-order valence-corrected chi connectivity index (χ0v) is 9.30. The summed E-state index contributed by atoms with van der Waals surface area (Å²) in [5, 5.41) is 10.4. The second kappa shape index (κ2) is 4.67. The van der Waals surface area contributed by atoms with Crippen LogP contribution in [0.5, 0.6) is 5.75 Å². The summed E-state index contributed by atoms with van der Waals surface area (Å²) >= 11 is 5.97. The minimum absolute atomic E-state index is 0.312. The Labute approximate surface area is 89.7 Å². The van der Waals surface area contributed by atoms with E-state index in [1.165, 1.54) is 0 Å². The Morgan fingerprint density at radius 3 is 2.71 bits per heavy atom. The maximum absolute atomic E-state index is 9.66. The van der Waals surface area contributed by atoms with Crippen molar-refractivity contribution in [2.45, 2.75) is 20.3 Å². The molecule has 0 aliphatic rings. The highest BCUT2D eigenvalue weighted by atomic mass is 35.5. The summed E-state index contributed by atoms with van der Waals surface area (Å²) < 4.78 is 0. The lowest BCUT2D eigenvalue weighted by Gasteiger charge is -2.11. The van der Waals surface area contributed by atoms with Crippen molar-refractivity contribution < 1.29 is 5.11 Å². The summed E-state index contributed by atoms with van der Waals surface area (Å²) in [4.78, 5) is 0. The van der Waals surface area contributed by atoms with Crippen molar-refractivity contribution in [1.82, 2.24) is 0 Å². The third-order valence-electron chi connectivity index (χ3n) is 2.33. The van der Waals surface area contributed by atoms with Crippen molar-refractivity contribution in [3.05, 3.63) is 28.3 Å². The summed E-state index contributed by atoms with van der Waals surface area (Å²) in [7, 11) is 0. The molecule has 14 heavy (non-hydrogen) atoms. The predicted molar refractivity (Wildman–Crippen MR) is 59.8 cm³/mol. The standard InChI is InChI=1S/C11H16ClNO/c1-7(6-13)3-9-5-10(12)8(2)4-11(9)14/h4-5,7,14H,3,6,13H2,1-2H3. The molecule has 0 saturated heterocycles. The SMILES string of the molecule is Cc1cc(O)c(CC(C)CN)cc1Cl.